The molecule has 6 rings (SSSR count). The number of carbonyl (C=O) groups excluding carboxylic acids is 2. The number of ether oxygens (including phenoxy) is 1. The van der Waals surface area contributed by atoms with Crippen molar-refractivity contribution < 1.29 is 14.3 Å². The van der Waals surface area contributed by atoms with E-state index in [4.69, 9.17) is 4.74 Å². The Kier molecular flexibility index (Phi) is 6.49. The molecule has 2 amide bonds. The van der Waals surface area contributed by atoms with Crippen LogP contribution in [0, 0.1) is 0 Å². The van der Waals surface area contributed by atoms with Crippen molar-refractivity contribution in [3.05, 3.63) is 108 Å². The predicted octanol–water partition coefficient (Wildman–Crippen LogP) is 5.15. The van der Waals surface area contributed by atoms with Crippen LogP contribution in [-0.2, 0) is 5.41 Å². The summed E-state index contributed by atoms with van der Waals surface area (Å²) in [6, 6.07) is 21.5. The highest BCUT2D eigenvalue weighted by atomic mass is 16.5. The number of amides is 2. The molecular weight excluding hydrogens is 506 g/mol. The third-order valence-electron chi connectivity index (χ3n) is 6.78. The number of pyridine rings is 1. The molecule has 1 fully saturated rings. The number of fused-ring (bicyclic) bond motifs is 1. The number of carbonyl (C=O) groups is 2. The van der Waals surface area contributed by atoms with E-state index in [0.29, 0.717) is 46.5 Å². The van der Waals surface area contributed by atoms with Crippen LogP contribution in [0.15, 0.2) is 96.4 Å². The molecule has 3 aromatic heterocycles. The Morgan fingerprint density at radius 1 is 0.975 bits per heavy atom. The van der Waals surface area contributed by atoms with E-state index in [0.717, 1.165) is 18.4 Å². The van der Waals surface area contributed by atoms with Gasteiger partial charge in [-0.2, -0.15) is 0 Å². The maximum absolute atomic E-state index is 13.0. The molecule has 0 unspecified atom stereocenters. The minimum absolute atomic E-state index is 0.0147. The number of rotatable bonds is 9. The van der Waals surface area contributed by atoms with Gasteiger partial charge < -0.3 is 20.4 Å². The number of imidazole rings is 1. The van der Waals surface area contributed by atoms with Gasteiger partial charge in [-0.1, -0.05) is 18.2 Å². The number of hydrogen-bond acceptors (Lipinski definition) is 7. The summed E-state index contributed by atoms with van der Waals surface area (Å²) in [5.74, 6) is 0.634. The van der Waals surface area contributed by atoms with Crippen LogP contribution in [0.1, 0.15) is 39.1 Å². The van der Waals surface area contributed by atoms with Crippen molar-refractivity contribution in [2.24, 2.45) is 4.99 Å². The Bertz CT molecular complexity index is 1730. The second-order valence-corrected chi connectivity index (χ2v) is 9.62. The fourth-order valence-corrected chi connectivity index (χ4v) is 4.52. The fourth-order valence-electron chi connectivity index (χ4n) is 4.52. The van der Waals surface area contributed by atoms with Crippen LogP contribution in [0.25, 0.3) is 5.65 Å². The number of nitrogens with one attached hydrogen (secondary N) is 2. The molecule has 10 nitrogen and oxygen atoms in total. The molecule has 3 heterocycles. The van der Waals surface area contributed by atoms with Gasteiger partial charge in [0, 0.05) is 47.7 Å². The first-order valence-electron chi connectivity index (χ1n) is 12.7. The monoisotopic (exact) mass is 531 g/mol. The standard InChI is InChI=1S/C30H25N7O3/c1-31-19-30(12-13-30)22-7-2-5-20(15-22)28(38)33-23-8-3-9-24(16-23)40-27-11-10-26-34-25(18-37(26)36-27)35-29(39)21-6-4-14-32-17-21/h2-11,14-18H,1,12-13,19H2,(H,33,38)(H,35,39). The molecule has 40 heavy (non-hydrogen) atoms. The van der Waals surface area contributed by atoms with Gasteiger partial charge in [0.25, 0.3) is 11.8 Å². The summed E-state index contributed by atoms with van der Waals surface area (Å²) in [5, 5.41) is 10.1. The Morgan fingerprint density at radius 3 is 2.60 bits per heavy atom. The molecule has 0 atom stereocenters. The van der Waals surface area contributed by atoms with Crippen molar-refractivity contribution in [2.45, 2.75) is 18.3 Å². The maximum Gasteiger partial charge on any atom is 0.258 e. The zero-order valence-electron chi connectivity index (χ0n) is 21.4. The van der Waals surface area contributed by atoms with E-state index in [1.54, 1.807) is 67.0 Å². The summed E-state index contributed by atoms with van der Waals surface area (Å²) in [5.41, 5.74) is 3.26. The molecule has 5 aromatic rings. The van der Waals surface area contributed by atoms with Gasteiger partial charge in [0.1, 0.15) is 5.75 Å². The Labute approximate surface area is 229 Å². The normalized spacial score (nSPS) is 13.4. The number of aromatic nitrogens is 4. The van der Waals surface area contributed by atoms with Gasteiger partial charge >= 0.3 is 0 Å². The molecule has 1 saturated carbocycles. The maximum atomic E-state index is 13.0. The molecule has 2 N–H and O–H groups in total. The van der Waals surface area contributed by atoms with Crippen LogP contribution in [0.5, 0.6) is 11.6 Å². The molecule has 1 aliphatic carbocycles. The van der Waals surface area contributed by atoms with Gasteiger partial charge in [-0.05, 0) is 67.6 Å². The van der Waals surface area contributed by atoms with Crippen LogP contribution < -0.4 is 15.4 Å². The Balaban J connectivity index is 1.13. The molecule has 0 bridgehead atoms. The van der Waals surface area contributed by atoms with E-state index in [1.807, 2.05) is 18.2 Å². The highest BCUT2D eigenvalue weighted by molar-refractivity contribution is 6.04. The Hall–Kier alpha value is -5.38. The lowest BCUT2D eigenvalue weighted by molar-refractivity contribution is 0.101. The molecule has 2 aromatic carbocycles. The summed E-state index contributed by atoms with van der Waals surface area (Å²) in [6.07, 6.45) is 6.78. The van der Waals surface area contributed by atoms with Gasteiger partial charge in [-0.15, -0.1) is 5.10 Å². The summed E-state index contributed by atoms with van der Waals surface area (Å²) >= 11 is 0. The predicted molar refractivity (Wildman–Crippen MR) is 151 cm³/mol. The molecular formula is C30H25N7O3. The van der Waals surface area contributed by atoms with Crippen LogP contribution in [0.4, 0.5) is 11.5 Å². The van der Waals surface area contributed by atoms with Crippen molar-refractivity contribution in [2.75, 3.05) is 17.2 Å². The van der Waals surface area contributed by atoms with Crippen LogP contribution in [0.2, 0.25) is 0 Å². The molecule has 0 aliphatic heterocycles. The van der Waals surface area contributed by atoms with E-state index in [1.165, 1.54) is 10.7 Å². The first-order chi connectivity index (χ1) is 19.5. The third kappa shape index (κ3) is 5.28. The lowest BCUT2D eigenvalue weighted by atomic mass is 9.94. The van der Waals surface area contributed by atoms with Gasteiger partial charge in [-0.25, -0.2) is 9.50 Å². The number of benzene rings is 2. The van der Waals surface area contributed by atoms with Crippen LogP contribution >= 0.6 is 0 Å². The van der Waals surface area contributed by atoms with Crippen molar-refractivity contribution in [1.82, 2.24) is 19.6 Å². The highest BCUT2D eigenvalue weighted by Crippen LogP contribution is 2.48. The van der Waals surface area contributed by atoms with Crippen molar-refractivity contribution in [1.29, 1.82) is 0 Å². The summed E-state index contributed by atoms with van der Waals surface area (Å²) in [4.78, 5) is 37.8. The SMILES string of the molecule is C=NCC1(c2cccc(C(=O)Nc3cccc(Oc4ccc5nc(NC(=O)c6cccnc6)cn5n4)c3)c2)CC1. The quantitative estimate of drug-likeness (QED) is 0.254. The second-order valence-electron chi connectivity index (χ2n) is 9.62. The summed E-state index contributed by atoms with van der Waals surface area (Å²) in [6.45, 7) is 4.30. The van der Waals surface area contributed by atoms with Gasteiger partial charge in [0.2, 0.25) is 5.88 Å². The second kappa shape index (κ2) is 10.4. The summed E-state index contributed by atoms with van der Waals surface area (Å²) in [7, 11) is 0. The van der Waals surface area contributed by atoms with E-state index in [-0.39, 0.29) is 17.2 Å². The number of anilines is 2. The molecule has 0 spiro atoms. The summed E-state index contributed by atoms with van der Waals surface area (Å²) < 4.78 is 7.47. The van der Waals surface area contributed by atoms with E-state index in [9.17, 15) is 9.59 Å². The van der Waals surface area contributed by atoms with Gasteiger partial charge in [0.15, 0.2) is 11.5 Å². The van der Waals surface area contributed by atoms with Crippen LogP contribution in [-0.4, -0.2) is 44.7 Å². The lowest BCUT2D eigenvalue weighted by Crippen LogP contribution is -2.15. The molecule has 0 radical (unpaired) electrons. The molecule has 10 heteroatoms. The van der Waals surface area contributed by atoms with Crippen molar-refractivity contribution in [3.63, 3.8) is 0 Å². The largest absolute Gasteiger partial charge is 0.438 e. The van der Waals surface area contributed by atoms with Crippen LogP contribution in [0.3, 0.4) is 0 Å². The zero-order valence-corrected chi connectivity index (χ0v) is 21.4. The van der Waals surface area contributed by atoms with Gasteiger partial charge in [-0.3, -0.25) is 14.6 Å². The molecule has 1 aliphatic rings. The van der Waals surface area contributed by atoms with E-state index >= 15 is 0 Å². The Morgan fingerprint density at radius 2 is 1.80 bits per heavy atom. The minimum atomic E-state index is -0.320. The number of aliphatic imine (C=N–C) groups is 1. The van der Waals surface area contributed by atoms with Gasteiger partial charge in [0.05, 0.1) is 11.8 Å². The first kappa shape index (κ1) is 24.9. The molecule has 0 saturated heterocycles. The smallest absolute Gasteiger partial charge is 0.258 e. The highest BCUT2D eigenvalue weighted by Gasteiger charge is 2.44. The number of hydrogen-bond donors (Lipinski definition) is 2. The molecule has 198 valence electrons. The van der Waals surface area contributed by atoms with E-state index < -0.39 is 0 Å². The lowest BCUT2D eigenvalue weighted by Gasteiger charge is -2.14. The minimum Gasteiger partial charge on any atom is -0.438 e. The fraction of sp³-hybridized carbons (Fsp3) is 0.133. The third-order valence-corrected chi connectivity index (χ3v) is 6.78. The van der Waals surface area contributed by atoms with Crippen molar-refractivity contribution >= 4 is 35.7 Å². The average Bonchev–Trinajstić information content (AvgIpc) is 3.65. The average molecular weight is 532 g/mol. The van der Waals surface area contributed by atoms with Crippen molar-refractivity contribution in [3.8, 4) is 11.6 Å². The van der Waals surface area contributed by atoms with E-state index in [2.05, 4.69) is 37.4 Å². The zero-order chi connectivity index (χ0) is 27.5. The number of nitrogens with zero attached hydrogens (tertiary/aromatic N) is 5. The topological polar surface area (TPSA) is 123 Å². The first-order valence-corrected chi connectivity index (χ1v) is 12.7.